The van der Waals surface area contributed by atoms with E-state index in [9.17, 15) is 0 Å². The summed E-state index contributed by atoms with van der Waals surface area (Å²) in [5.74, 6) is 1.01. The average molecular weight is 391 g/mol. The van der Waals surface area contributed by atoms with Crippen molar-refractivity contribution in [3.05, 3.63) is 0 Å². The van der Waals surface area contributed by atoms with Gasteiger partial charge in [0.25, 0.3) is 0 Å². The predicted octanol–water partition coefficient (Wildman–Crippen LogP) is 9.03. The Morgan fingerprint density at radius 1 is 0.440 bits per heavy atom. The van der Waals surface area contributed by atoms with E-state index in [1.807, 2.05) is 0 Å². The molecule has 0 amide bonds. The molecule has 0 heterocycles. The molecule has 0 nitrogen and oxygen atoms in total. The second kappa shape index (κ2) is 27.1. The highest BCUT2D eigenvalue weighted by Gasteiger charge is 2.05. The van der Waals surface area contributed by atoms with Gasteiger partial charge in [-0.25, -0.2) is 0 Å². The van der Waals surface area contributed by atoms with Gasteiger partial charge in [-0.15, -0.1) is 18.5 Å². The van der Waals surface area contributed by atoms with Crippen molar-refractivity contribution in [2.24, 2.45) is 5.92 Å². The Hall–Kier alpha value is 0.860. The van der Waals surface area contributed by atoms with Gasteiger partial charge in [0.05, 0.1) is 0 Å². The number of hydrogen-bond acceptors (Lipinski definition) is 0. The highest BCUT2D eigenvalue weighted by molar-refractivity contribution is 7.16. The van der Waals surface area contributed by atoms with E-state index < -0.39 is 0 Å². The van der Waals surface area contributed by atoms with Crippen molar-refractivity contribution in [1.82, 2.24) is 0 Å². The van der Waals surface area contributed by atoms with Crippen molar-refractivity contribution in [3.8, 4) is 0 Å². The lowest BCUT2D eigenvalue weighted by molar-refractivity contribution is 0.411. The molecule has 0 saturated heterocycles. The molecule has 0 aliphatic heterocycles. The molecule has 25 heavy (non-hydrogen) atoms. The van der Waals surface area contributed by atoms with Crippen LogP contribution >= 0.6 is 18.5 Å². The number of rotatable bonds is 18. The predicted molar refractivity (Wildman–Crippen MR) is 128 cm³/mol. The third-order valence-corrected chi connectivity index (χ3v) is 5.79. The summed E-state index contributed by atoms with van der Waals surface area (Å²) >= 11 is 0. The average Bonchev–Trinajstić information content (AvgIpc) is 2.62. The zero-order valence-electron chi connectivity index (χ0n) is 18.2. The van der Waals surface area contributed by atoms with Gasteiger partial charge < -0.3 is 0 Å². The lowest BCUT2D eigenvalue weighted by Crippen LogP contribution is -2.00. The van der Waals surface area contributed by atoms with Gasteiger partial charge in [0.15, 0.2) is 0 Å². The Kier molecular flexibility index (Phi) is 30.4. The van der Waals surface area contributed by atoms with Crippen LogP contribution in [0.4, 0.5) is 0 Å². The minimum absolute atomic E-state index is 1.01. The summed E-state index contributed by atoms with van der Waals surface area (Å²) in [7, 11) is 5.66. The van der Waals surface area contributed by atoms with Crippen LogP contribution in [0.25, 0.3) is 0 Å². The van der Waals surface area contributed by atoms with Gasteiger partial charge in [-0.3, -0.25) is 0 Å². The molecular formula is C23H52P2. The second-order valence-corrected chi connectivity index (χ2v) is 8.85. The third-order valence-electron chi connectivity index (χ3n) is 5.05. The Bertz CT molecular complexity index is 192. The van der Waals surface area contributed by atoms with Gasteiger partial charge in [-0.2, -0.15) is 0 Å². The molecular weight excluding hydrogens is 338 g/mol. The molecule has 3 atom stereocenters. The van der Waals surface area contributed by atoms with Crippen molar-refractivity contribution < 1.29 is 0 Å². The fourth-order valence-electron chi connectivity index (χ4n) is 3.39. The Morgan fingerprint density at radius 3 is 1.36 bits per heavy atom. The maximum absolute atomic E-state index is 2.87. The molecule has 0 saturated carbocycles. The van der Waals surface area contributed by atoms with E-state index in [1.165, 1.54) is 121 Å². The van der Waals surface area contributed by atoms with Crippen LogP contribution in [0.1, 0.15) is 130 Å². The number of unbranched alkanes of at least 4 members (excludes halogenated alkanes) is 11. The van der Waals surface area contributed by atoms with Crippen LogP contribution in [-0.2, 0) is 0 Å². The summed E-state index contributed by atoms with van der Waals surface area (Å²) in [6.45, 7) is 6.87. The second-order valence-electron chi connectivity index (χ2n) is 7.70. The SMILES string of the molecule is CCCCCCCC(CCC)CCP.CCCCCCCCCCP. The molecule has 0 fully saturated rings. The molecule has 154 valence electrons. The first kappa shape index (κ1) is 28.1. The van der Waals surface area contributed by atoms with Gasteiger partial charge in [0, 0.05) is 0 Å². The highest BCUT2D eigenvalue weighted by atomic mass is 31.0. The molecule has 0 aromatic carbocycles. The van der Waals surface area contributed by atoms with E-state index in [0.717, 1.165) is 5.92 Å². The summed E-state index contributed by atoms with van der Waals surface area (Å²) in [6, 6.07) is 0. The summed E-state index contributed by atoms with van der Waals surface area (Å²) < 4.78 is 0. The maximum Gasteiger partial charge on any atom is -0.0378 e. The van der Waals surface area contributed by atoms with Crippen LogP contribution in [0.2, 0.25) is 0 Å². The van der Waals surface area contributed by atoms with Crippen LogP contribution in [0.15, 0.2) is 0 Å². The zero-order valence-corrected chi connectivity index (χ0v) is 20.5. The summed E-state index contributed by atoms with van der Waals surface area (Å²) in [6.07, 6.45) is 27.0. The minimum Gasteiger partial charge on any atom is -0.138 e. The van der Waals surface area contributed by atoms with E-state index >= 15 is 0 Å². The lowest BCUT2D eigenvalue weighted by atomic mass is 9.94. The van der Waals surface area contributed by atoms with E-state index in [-0.39, 0.29) is 0 Å². The van der Waals surface area contributed by atoms with Crippen LogP contribution in [0.5, 0.6) is 0 Å². The van der Waals surface area contributed by atoms with Gasteiger partial charge in [-0.05, 0) is 31.1 Å². The fourth-order valence-corrected chi connectivity index (χ4v) is 4.15. The van der Waals surface area contributed by atoms with Crippen LogP contribution in [0.3, 0.4) is 0 Å². The largest absolute Gasteiger partial charge is 0.138 e. The van der Waals surface area contributed by atoms with E-state index in [0.29, 0.717) is 0 Å². The van der Waals surface area contributed by atoms with Crippen molar-refractivity contribution in [2.45, 2.75) is 130 Å². The van der Waals surface area contributed by atoms with E-state index in [1.54, 1.807) is 0 Å². The minimum atomic E-state index is 1.01. The van der Waals surface area contributed by atoms with Gasteiger partial charge in [0.2, 0.25) is 0 Å². The van der Waals surface area contributed by atoms with Crippen LogP contribution < -0.4 is 0 Å². The highest BCUT2D eigenvalue weighted by Crippen LogP contribution is 2.20. The lowest BCUT2D eigenvalue weighted by Gasteiger charge is -2.14. The first-order chi connectivity index (χ1) is 12.3. The standard InChI is InChI=1S/C13H29P.C10H23P/c1-3-5-6-7-8-10-13(9-4-2)11-12-14;1-2-3-4-5-6-7-8-9-10-11/h13H,3-12,14H2,1-2H3;2-11H2,1H3. The molecule has 2 heteroatoms. The monoisotopic (exact) mass is 390 g/mol. The first-order valence-corrected chi connectivity index (χ1v) is 13.3. The van der Waals surface area contributed by atoms with Crippen molar-refractivity contribution in [2.75, 3.05) is 12.3 Å². The van der Waals surface area contributed by atoms with Gasteiger partial charge in [-0.1, -0.05) is 117 Å². The summed E-state index contributed by atoms with van der Waals surface area (Å²) in [4.78, 5) is 0. The quantitative estimate of drug-likeness (QED) is 0.162. The summed E-state index contributed by atoms with van der Waals surface area (Å²) in [5, 5.41) is 0. The molecule has 0 N–H and O–H groups in total. The topological polar surface area (TPSA) is 0 Å². The fraction of sp³-hybridized carbons (Fsp3) is 1.00. The normalized spacial score (nSPS) is 11.9. The Labute approximate surface area is 166 Å². The first-order valence-electron chi connectivity index (χ1n) is 11.7. The van der Waals surface area contributed by atoms with Crippen molar-refractivity contribution in [3.63, 3.8) is 0 Å². The zero-order chi connectivity index (χ0) is 19.0. The van der Waals surface area contributed by atoms with E-state index in [4.69, 9.17) is 0 Å². The van der Waals surface area contributed by atoms with E-state index in [2.05, 4.69) is 39.3 Å². The molecule has 0 aromatic heterocycles. The molecule has 0 spiro atoms. The van der Waals surface area contributed by atoms with Gasteiger partial charge >= 0.3 is 0 Å². The van der Waals surface area contributed by atoms with Crippen molar-refractivity contribution in [1.29, 1.82) is 0 Å². The summed E-state index contributed by atoms with van der Waals surface area (Å²) in [5.41, 5.74) is 0. The Balaban J connectivity index is 0. The Morgan fingerprint density at radius 2 is 0.920 bits per heavy atom. The van der Waals surface area contributed by atoms with Crippen molar-refractivity contribution >= 4 is 18.5 Å². The smallest absolute Gasteiger partial charge is 0.0378 e. The maximum atomic E-state index is 2.87. The molecule has 0 aliphatic rings. The molecule has 3 unspecified atom stereocenters. The van der Waals surface area contributed by atoms with Crippen LogP contribution in [0, 0.1) is 5.92 Å². The number of hydrogen-bond donors (Lipinski definition) is 0. The van der Waals surface area contributed by atoms with Gasteiger partial charge in [0.1, 0.15) is 0 Å². The molecule has 0 rings (SSSR count). The molecule has 0 aliphatic carbocycles. The molecule has 0 radical (unpaired) electrons. The third kappa shape index (κ3) is 27.2. The molecule has 0 bridgehead atoms. The van der Waals surface area contributed by atoms with Crippen LogP contribution in [-0.4, -0.2) is 12.3 Å². The molecule has 0 aromatic rings.